The number of rotatable bonds is 6. The highest BCUT2D eigenvalue weighted by atomic mass is 16.6. The first-order valence-corrected chi connectivity index (χ1v) is 9.16. The van der Waals surface area contributed by atoms with Crippen LogP contribution in [0.4, 0.5) is 5.95 Å². The van der Waals surface area contributed by atoms with Crippen LogP contribution in [0, 0.1) is 0 Å². The molecule has 1 unspecified atom stereocenters. The number of nitrogens with one attached hydrogen (secondary N) is 1. The maximum Gasteiger partial charge on any atom is 0.340 e. The summed E-state index contributed by atoms with van der Waals surface area (Å²) in [6.45, 7) is -0.520. The normalized spacial score (nSPS) is 20.5. The van der Waals surface area contributed by atoms with Crippen molar-refractivity contribution in [2.75, 3.05) is 12.3 Å². The van der Waals surface area contributed by atoms with Crippen molar-refractivity contribution in [2.45, 2.75) is 31.4 Å². The molecule has 4 rings (SSSR count). The Hall–Kier alpha value is -4.00. The summed E-state index contributed by atoms with van der Waals surface area (Å²) < 4.78 is 12.9. The summed E-state index contributed by atoms with van der Waals surface area (Å²) in [5.74, 6) is -0.777. The maximum absolute atomic E-state index is 12.7. The number of hydrogen-bond donors (Lipinski definition) is 3. The molecule has 160 valence electrons. The van der Waals surface area contributed by atoms with Crippen molar-refractivity contribution in [3.8, 4) is 0 Å². The minimum absolute atomic E-state index is 0.0804. The maximum atomic E-state index is 12.7. The number of aromatic nitrogens is 5. The lowest BCUT2D eigenvalue weighted by Crippen LogP contribution is -2.30. The van der Waals surface area contributed by atoms with Gasteiger partial charge in [-0.1, -0.05) is 5.11 Å². The van der Waals surface area contributed by atoms with Gasteiger partial charge in [0.25, 0.3) is 5.56 Å². The number of hydrogen-bond acceptors (Lipinski definition) is 10. The van der Waals surface area contributed by atoms with Crippen LogP contribution >= 0.6 is 0 Å². The molecular formula is C17H17N9O5. The Labute approximate surface area is 173 Å². The molecule has 0 saturated carbocycles. The number of imidazole rings is 1. The van der Waals surface area contributed by atoms with Crippen molar-refractivity contribution >= 4 is 23.1 Å². The predicted molar refractivity (Wildman–Crippen MR) is 104 cm³/mol. The molecule has 14 nitrogen and oxygen atoms in total. The monoisotopic (exact) mass is 427 g/mol. The van der Waals surface area contributed by atoms with E-state index in [4.69, 9.17) is 20.7 Å². The Kier molecular flexibility index (Phi) is 5.49. The number of nitrogens with zero attached hydrogens (tertiary/aromatic N) is 7. The first kappa shape index (κ1) is 20.3. The van der Waals surface area contributed by atoms with E-state index in [1.807, 2.05) is 0 Å². The molecule has 0 spiro atoms. The zero-order valence-corrected chi connectivity index (χ0v) is 16.0. The highest BCUT2D eigenvalue weighted by Crippen LogP contribution is 2.32. The SMILES string of the molecule is [N-]=[N+]=NCc1ncccc1C(=O)OC1C[C@H](n2cnc3c(=O)[nH]c(N)nc32)O[C@@H]1CO. The van der Waals surface area contributed by atoms with Crippen LogP contribution in [0.2, 0.25) is 0 Å². The van der Waals surface area contributed by atoms with E-state index in [2.05, 4.69) is 30.0 Å². The molecule has 1 fully saturated rings. The van der Waals surface area contributed by atoms with Crippen LogP contribution in [0.5, 0.6) is 0 Å². The highest BCUT2D eigenvalue weighted by Gasteiger charge is 2.39. The minimum atomic E-state index is -0.817. The van der Waals surface area contributed by atoms with E-state index in [1.54, 1.807) is 6.07 Å². The second-order valence-electron chi connectivity index (χ2n) is 6.65. The summed E-state index contributed by atoms with van der Waals surface area (Å²) in [7, 11) is 0. The van der Waals surface area contributed by atoms with Crippen LogP contribution in [0.15, 0.2) is 34.6 Å². The van der Waals surface area contributed by atoms with Gasteiger partial charge in [0.15, 0.2) is 11.2 Å². The van der Waals surface area contributed by atoms with E-state index in [0.717, 1.165) is 0 Å². The summed E-state index contributed by atoms with van der Waals surface area (Å²) in [5, 5.41) is 13.1. The van der Waals surface area contributed by atoms with Crippen molar-refractivity contribution in [3.63, 3.8) is 0 Å². The Morgan fingerprint density at radius 3 is 3.13 bits per heavy atom. The molecule has 4 heterocycles. The molecule has 0 amide bonds. The number of pyridine rings is 1. The number of ether oxygens (including phenoxy) is 2. The van der Waals surface area contributed by atoms with Crippen molar-refractivity contribution in [1.82, 2.24) is 24.5 Å². The quantitative estimate of drug-likeness (QED) is 0.215. The van der Waals surface area contributed by atoms with E-state index < -0.39 is 36.6 Å². The van der Waals surface area contributed by atoms with E-state index in [1.165, 1.54) is 23.2 Å². The third-order valence-electron chi connectivity index (χ3n) is 4.77. The van der Waals surface area contributed by atoms with Crippen LogP contribution in [-0.2, 0) is 16.0 Å². The van der Waals surface area contributed by atoms with E-state index in [9.17, 15) is 14.7 Å². The van der Waals surface area contributed by atoms with Gasteiger partial charge in [0.2, 0.25) is 5.95 Å². The standard InChI is InChI=1S/C17H17N9O5/c18-17-23-14-13(15(28)24-17)21-7-26(14)12-4-10(11(6-27)30-12)31-16(29)8-2-1-3-20-9(8)5-22-25-19/h1-3,7,10-12,27H,4-6H2,(H3,18,23,24,28)/t10?,11-,12-/m1/s1. The molecule has 3 aromatic rings. The Bertz CT molecular complexity index is 1230. The van der Waals surface area contributed by atoms with Gasteiger partial charge in [-0.05, 0) is 17.7 Å². The van der Waals surface area contributed by atoms with Crippen molar-refractivity contribution in [1.29, 1.82) is 0 Å². The predicted octanol–water partition coefficient (Wildman–Crippen LogP) is 0.413. The molecule has 0 aliphatic carbocycles. The third-order valence-corrected chi connectivity index (χ3v) is 4.77. The fourth-order valence-electron chi connectivity index (χ4n) is 3.36. The number of fused-ring (bicyclic) bond motifs is 1. The number of aliphatic hydroxyl groups excluding tert-OH is 1. The van der Waals surface area contributed by atoms with Gasteiger partial charge in [-0.25, -0.2) is 9.78 Å². The van der Waals surface area contributed by atoms with Crippen LogP contribution in [0.25, 0.3) is 21.6 Å². The number of azide groups is 1. The lowest BCUT2D eigenvalue weighted by atomic mass is 10.1. The Morgan fingerprint density at radius 2 is 2.35 bits per heavy atom. The summed E-state index contributed by atoms with van der Waals surface area (Å²) in [4.78, 5) is 41.9. The number of nitrogens with two attached hydrogens (primary N) is 1. The van der Waals surface area contributed by atoms with Gasteiger partial charge >= 0.3 is 5.97 Å². The van der Waals surface area contributed by atoms with Crippen LogP contribution in [-0.4, -0.2) is 54.4 Å². The summed E-state index contributed by atoms with van der Waals surface area (Å²) >= 11 is 0. The molecule has 1 aliphatic heterocycles. The number of aromatic amines is 1. The minimum Gasteiger partial charge on any atom is -0.456 e. The molecule has 1 aliphatic rings. The van der Waals surface area contributed by atoms with Gasteiger partial charge in [0.1, 0.15) is 18.4 Å². The number of anilines is 1. The first-order valence-electron chi connectivity index (χ1n) is 9.16. The number of aliphatic hydroxyl groups is 1. The Balaban J connectivity index is 1.57. The number of H-pyrrole nitrogens is 1. The summed E-state index contributed by atoms with van der Waals surface area (Å²) in [6.07, 6.45) is 0.687. The third kappa shape index (κ3) is 3.90. The summed E-state index contributed by atoms with van der Waals surface area (Å²) in [5.41, 5.74) is 14.3. The first-order chi connectivity index (χ1) is 15.0. The van der Waals surface area contributed by atoms with Gasteiger partial charge in [-0.3, -0.25) is 19.3 Å². The van der Waals surface area contributed by atoms with Crippen molar-refractivity contribution < 1.29 is 19.4 Å². The zero-order chi connectivity index (χ0) is 22.0. The molecule has 0 aromatic carbocycles. The second kappa shape index (κ2) is 8.39. The molecule has 31 heavy (non-hydrogen) atoms. The van der Waals surface area contributed by atoms with Gasteiger partial charge in [-0.15, -0.1) is 0 Å². The van der Waals surface area contributed by atoms with E-state index in [-0.39, 0.29) is 41.3 Å². The van der Waals surface area contributed by atoms with Crippen molar-refractivity contribution in [2.24, 2.45) is 5.11 Å². The average Bonchev–Trinajstić information content (AvgIpc) is 3.36. The molecule has 0 bridgehead atoms. The highest BCUT2D eigenvalue weighted by molar-refractivity contribution is 5.90. The van der Waals surface area contributed by atoms with Crippen molar-refractivity contribution in [3.05, 3.63) is 56.7 Å². The number of carbonyl (C=O) groups excluding carboxylic acids is 1. The zero-order valence-electron chi connectivity index (χ0n) is 16.0. The second-order valence-corrected chi connectivity index (χ2v) is 6.65. The van der Waals surface area contributed by atoms with Gasteiger partial charge in [0.05, 0.1) is 30.7 Å². The van der Waals surface area contributed by atoms with E-state index in [0.29, 0.717) is 0 Å². The number of esters is 1. The Morgan fingerprint density at radius 1 is 1.52 bits per heavy atom. The fourth-order valence-corrected chi connectivity index (χ4v) is 3.36. The van der Waals surface area contributed by atoms with Crippen LogP contribution in [0.3, 0.4) is 0 Å². The molecular weight excluding hydrogens is 410 g/mol. The smallest absolute Gasteiger partial charge is 0.340 e. The molecule has 3 aromatic heterocycles. The summed E-state index contributed by atoms with van der Waals surface area (Å²) in [6, 6.07) is 3.06. The van der Waals surface area contributed by atoms with Gasteiger partial charge in [-0.2, -0.15) is 4.98 Å². The van der Waals surface area contributed by atoms with E-state index >= 15 is 0 Å². The van der Waals surface area contributed by atoms with Crippen LogP contribution in [0.1, 0.15) is 28.7 Å². The lowest BCUT2D eigenvalue weighted by Gasteiger charge is -2.17. The van der Waals surface area contributed by atoms with Gasteiger partial charge < -0.3 is 20.3 Å². The molecule has 14 heteroatoms. The number of carbonyl (C=O) groups is 1. The molecule has 0 radical (unpaired) electrons. The van der Waals surface area contributed by atoms with Crippen LogP contribution < -0.4 is 11.3 Å². The molecule has 1 saturated heterocycles. The average molecular weight is 427 g/mol. The molecule has 4 N–H and O–H groups in total. The molecule has 3 atom stereocenters. The van der Waals surface area contributed by atoms with Gasteiger partial charge in [0, 0.05) is 17.5 Å². The number of nitrogen functional groups attached to an aromatic ring is 1. The fraction of sp³-hybridized carbons (Fsp3) is 0.353. The largest absolute Gasteiger partial charge is 0.456 e. The lowest BCUT2D eigenvalue weighted by molar-refractivity contribution is -0.0500. The topological polar surface area (TPSA) is 207 Å².